The lowest BCUT2D eigenvalue weighted by Gasteiger charge is -2.07. The normalized spacial score (nSPS) is 10.6. The molecule has 0 radical (unpaired) electrons. The maximum Gasteiger partial charge on any atom is 0.354 e. The molecule has 0 aliphatic carbocycles. The van der Waals surface area contributed by atoms with E-state index < -0.39 is 18.1 Å². The number of nitrogens with zero attached hydrogens (tertiary/aromatic N) is 1. The molecule has 3 nitrogen and oxygen atoms in total. The predicted octanol–water partition coefficient (Wildman–Crippen LogP) is 2.33. The quantitative estimate of drug-likeness (QED) is 0.798. The SMILES string of the molecule is Cc1cc(C(F)F)nc(C(=O)O)c1C. The molecule has 76 valence electrons. The van der Waals surface area contributed by atoms with Crippen LogP contribution in [0, 0.1) is 13.8 Å². The van der Waals surface area contributed by atoms with E-state index in [0.717, 1.165) is 0 Å². The van der Waals surface area contributed by atoms with Gasteiger partial charge in [-0.15, -0.1) is 0 Å². The highest BCUT2D eigenvalue weighted by Gasteiger charge is 2.17. The van der Waals surface area contributed by atoms with E-state index in [1.54, 1.807) is 13.8 Å². The smallest absolute Gasteiger partial charge is 0.354 e. The minimum absolute atomic E-state index is 0.305. The van der Waals surface area contributed by atoms with Crippen LogP contribution in [0.15, 0.2) is 6.07 Å². The van der Waals surface area contributed by atoms with Gasteiger partial charge in [0.25, 0.3) is 6.43 Å². The first-order valence-corrected chi connectivity index (χ1v) is 3.93. The van der Waals surface area contributed by atoms with Crippen LogP contribution in [0.2, 0.25) is 0 Å². The van der Waals surface area contributed by atoms with Gasteiger partial charge in [-0.3, -0.25) is 0 Å². The summed E-state index contributed by atoms with van der Waals surface area (Å²) in [5, 5.41) is 8.69. The Bertz CT molecular complexity index is 377. The van der Waals surface area contributed by atoms with Crippen LogP contribution >= 0.6 is 0 Å². The molecular weight excluding hydrogens is 192 g/mol. The second kappa shape index (κ2) is 3.69. The number of rotatable bonds is 2. The van der Waals surface area contributed by atoms with Crippen LogP contribution < -0.4 is 0 Å². The van der Waals surface area contributed by atoms with Gasteiger partial charge in [-0.25, -0.2) is 18.6 Å². The zero-order valence-corrected chi connectivity index (χ0v) is 7.71. The van der Waals surface area contributed by atoms with Crippen molar-refractivity contribution < 1.29 is 18.7 Å². The van der Waals surface area contributed by atoms with E-state index in [-0.39, 0.29) is 5.69 Å². The van der Waals surface area contributed by atoms with E-state index >= 15 is 0 Å². The summed E-state index contributed by atoms with van der Waals surface area (Å²) >= 11 is 0. The molecule has 0 saturated heterocycles. The van der Waals surface area contributed by atoms with Crippen molar-refractivity contribution in [2.75, 3.05) is 0 Å². The van der Waals surface area contributed by atoms with Crippen molar-refractivity contribution in [2.45, 2.75) is 20.3 Å². The van der Waals surface area contributed by atoms with Gasteiger partial charge in [-0.05, 0) is 31.0 Å². The van der Waals surface area contributed by atoms with E-state index in [4.69, 9.17) is 5.11 Å². The maximum absolute atomic E-state index is 12.3. The van der Waals surface area contributed by atoms with Crippen LogP contribution in [0.3, 0.4) is 0 Å². The average Bonchev–Trinajstić information content (AvgIpc) is 2.08. The van der Waals surface area contributed by atoms with Crippen molar-refractivity contribution in [3.63, 3.8) is 0 Å². The van der Waals surface area contributed by atoms with Crippen LogP contribution in [0.1, 0.15) is 33.7 Å². The number of carboxylic acid groups (broad SMARTS) is 1. The minimum atomic E-state index is -2.74. The molecule has 0 unspecified atom stereocenters. The number of hydrogen-bond acceptors (Lipinski definition) is 2. The Morgan fingerprint density at radius 1 is 1.50 bits per heavy atom. The summed E-state index contributed by atoms with van der Waals surface area (Å²) in [6.45, 7) is 3.12. The van der Waals surface area contributed by atoms with Crippen LogP contribution in [0.25, 0.3) is 0 Å². The summed E-state index contributed by atoms with van der Waals surface area (Å²) in [6, 6.07) is 1.20. The number of halogens is 2. The van der Waals surface area contributed by atoms with Crippen LogP contribution in [-0.2, 0) is 0 Å². The lowest BCUT2D eigenvalue weighted by Crippen LogP contribution is -2.07. The molecule has 5 heteroatoms. The standard InChI is InChI=1S/C9H9F2NO2/c1-4-3-6(8(10)11)12-7(5(4)2)9(13)14/h3,8H,1-2H3,(H,13,14). The largest absolute Gasteiger partial charge is 0.477 e. The molecule has 0 aromatic carbocycles. The summed E-state index contributed by atoms with van der Waals surface area (Å²) in [5.41, 5.74) is 0.125. The molecule has 0 spiro atoms. The van der Waals surface area contributed by atoms with E-state index in [1.165, 1.54) is 6.07 Å². The van der Waals surface area contributed by atoms with Crippen LogP contribution in [0.4, 0.5) is 8.78 Å². The number of alkyl halides is 2. The van der Waals surface area contributed by atoms with Gasteiger partial charge in [0.1, 0.15) is 5.69 Å². The van der Waals surface area contributed by atoms with Gasteiger partial charge in [0.15, 0.2) is 5.69 Å². The zero-order chi connectivity index (χ0) is 10.9. The van der Waals surface area contributed by atoms with E-state index in [2.05, 4.69) is 4.98 Å². The van der Waals surface area contributed by atoms with Gasteiger partial charge < -0.3 is 5.11 Å². The Balaban J connectivity index is 3.35. The number of carboxylic acids is 1. The highest BCUT2D eigenvalue weighted by molar-refractivity contribution is 5.87. The Morgan fingerprint density at radius 3 is 2.50 bits per heavy atom. The van der Waals surface area contributed by atoms with Crippen LogP contribution in [0.5, 0.6) is 0 Å². The van der Waals surface area contributed by atoms with Crippen molar-refractivity contribution in [2.24, 2.45) is 0 Å². The lowest BCUT2D eigenvalue weighted by molar-refractivity contribution is 0.0687. The molecule has 0 atom stereocenters. The highest BCUT2D eigenvalue weighted by Crippen LogP contribution is 2.21. The van der Waals surface area contributed by atoms with Crippen molar-refractivity contribution in [3.05, 3.63) is 28.6 Å². The van der Waals surface area contributed by atoms with E-state index in [9.17, 15) is 13.6 Å². The van der Waals surface area contributed by atoms with Gasteiger partial charge >= 0.3 is 5.97 Å². The molecule has 0 aliphatic rings. The third-order valence-electron chi connectivity index (χ3n) is 1.98. The number of pyridine rings is 1. The Morgan fingerprint density at radius 2 is 2.07 bits per heavy atom. The number of hydrogen-bond donors (Lipinski definition) is 1. The molecule has 1 N–H and O–H groups in total. The summed E-state index contributed by atoms with van der Waals surface area (Å²) in [4.78, 5) is 14.0. The third kappa shape index (κ3) is 1.86. The average molecular weight is 201 g/mol. The van der Waals surface area contributed by atoms with Crippen molar-refractivity contribution in [1.82, 2.24) is 4.98 Å². The lowest BCUT2D eigenvalue weighted by atomic mass is 10.1. The zero-order valence-electron chi connectivity index (χ0n) is 7.71. The molecule has 0 amide bonds. The highest BCUT2D eigenvalue weighted by atomic mass is 19.3. The summed E-state index contributed by atoms with van der Waals surface area (Å²) in [6.07, 6.45) is -2.74. The Kier molecular flexibility index (Phi) is 2.78. The number of carbonyl (C=O) groups is 1. The first-order chi connectivity index (χ1) is 6.43. The van der Waals surface area contributed by atoms with E-state index in [1.807, 2.05) is 0 Å². The molecule has 1 aromatic heterocycles. The molecular formula is C9H9F2NO2. The van der Waals surface area contributed by atoms with Gasteiger partial charge in [0, 0.05) is 0 Å². The number of aryl methyl sites for hydroxylation is 1. The molecule has 0 saturated carbocycles. The third-order valence-corrected chi connectivity index (χ3v) is 1.98. The second-order valence-electron chi connectivity index (χ2n) is 2.94. The fourth-order valence-corrected chi connectivity index (χ4v) is 1.08. The topological polar surface area (TPSA) is 50.2 Å². The Hall–Kier alpha value is -1.52. The molecule has 1 heterocycles. The van der Waals surface area contributed by atoms with Gasteiger partial charge in [-0.2, -0.15) is 0 Å². The predicted molar refractivity (Wildman–Crippen MR) is 45.6 cm³/mol. The van der Waals surface area contributed by atoms with Crippen molar-refractivity contribution in [3.8, 4) is 0 Å². The fourth-order valence-electron chi connectivity index (χ4n) is 1.08. The van der Waals surface area contributed by atoms with Crippen molar-refractivity contribution >= 4 is 5.97 Å². The number of aromatic nitrogens is 1. The van der Waals surface area contributed by atoms with Crippen molar-refractivity contribution in [1.29, 1.82) is 0 Å². The van der Waals surface area contributed by atoms with Crippen LogP contribution in [-0.4, -0.2) is 16.1 Å². The molecule has 1 rings (SSSR count). The summed E-state index contributed by atoms with van der Waals surface area (Å²) < 4.78 is 24.5. The van der Waals surface area contributed by atoms with Gasteiger partial charge in [-0.1, -0.05) is 0 Å². The Labute approximate surface area is 79.4 Å². The first kappa shape index (κ1) is 10.6. The summed E-state index contributed by atoms with van der Waals surface area (Å²) in [7, 11) is 0. The maximum atomic E-state index is 12.3. The number of aromatic carboxylic acids is 1. The van der Waals surface area contributed by atoms with Gasteiger partial charge in [0.05, 0.1) is 0 Å². The molecule has 0 bridgehead atoms. The first-order valence-electron chi connectivity index (χ1n) is 3.93. The van der Waals surface area contributed by atoms with E-state index in [0.29, 0.717) is 11.1 Å². The minimum Gasteiger partial charge on any atom is -0.477 e. The van der Waals surface area contributed by atoms with Gasteiger partial charge in [0.2, 0.25) is 0 Å². The fraction of sp³-hybridized carbons (Fsp3) is 0.333. The molecule has 0 aliphatic heterocycles. The monoisotopic (exact) mass is 201 g/mol. The summed E-state index contributed by atoms with van der Waals surface area (Å²) in [5.74, 6) is -1.28. The molecule has 1 aromatic rings. The molecule has 0 fully saturated rings. The second-order valence-corrected chi connectivity index (χ2v) is 2.94. The molecule has 14 heavy (non-hydrogen) atoms.